The molecule has 0 aromatic heterocycles. The number of rotatable bonds is 1. The van der Waals surface area contributed by atoms with Crippen molar-refractivity contribution < 1.29 is 19.0 Å². The first-order chi connectivity index (χ1) is 5.77. The lowest BCUT2D eigenvalue weighted by atomic mass is 10.1. The third kappa shape index (κ3) is 1.32. The second kappa shape index (κ2) is 3.03. The van der Waals surface area contributed by atoms with Gasteiger partial charge in [-0.1, -0.05) is 0 Å². The summed E-state index contributed by atoms with van der Waals surface area (Å²) in [7, 11) is 0. The van der Waals surface area contributed by atoms with Crippen molar-refractivity contribution in [1.82, 2.24) is 0 Å². The summed E-state index contributed by atoms with van der Waals surface area (Å²) < 4.78 is 15.8. The standard InChI is InChI=1S/C8H12O4/c1-5(9)12-7-4-11-6-2-3-10-8(6)7/h6-8H,2-4H2,1H3/t6-,7?,8+/m1/s1. The Bertz CT molecular complexity index is 191. The van der Waals surface area contributed by atoms with Gasteiger partial charge >= 0.3 is 5.97 Å². The number of fused-ring (bicyclic) bond motifs is 1. The lowest BCUT2D eigenvalue weighted by molar-refractivity contribution is -0.150. The van der Waals surface area contributed by atoms with Crippen molar-refractivity contribution in [1.29, 1.82) is 0 Å². The molecule has 0 radical (unpaired) electrons. The van der Waals surface area contributed by atoms with Crippen LogP contribution in [0.3, 0.4) is 0 Å². The Labute approximate surface area is 70.8 Å². The van der Waals surface area contributed by atoms with Gasteiger partial charge in [-0.15, -0.1) is 0 Å². The predicted octanol–water partition coefficient (Wildman–Crippen LogP) is 0.106. The van der Waals surface area contributed by atoms with Crippen LogP contribution in [0.2, 0.25) is 0 Å². The van der Waals surface area contributed by atoms with Gasteiger partial charge in [0.2, 0.25) is 0 Å². The minimum Gasteiger partial charge on any atom is -0.457 e. The largest absolute Gasteiger partial charge is 0.457 e. The minimum atomic E-state index is -0.264. The van der Waals surface area contributed by atoms with Crippen LogP contribution in [-0.2, 0) is 19.0 Å². The minimum absolute atomic E-state index is 0.0195. The Morgan fingerprint density at radius 3 is 3.08 bits per heavy atom. The summed E-state index contributed by atoms with van der Waals surface area (Å²) >= 11 is 0. The smallest absolute Gasteiger partial charge is 0.303 e. The molecule has 0 aliphatic carbocycles. The van der Waals surface area contributed by atoms with Gasteiger partial charge in [0.25, 0.3) is 0 Å². The van der Waals surface area contributed by atoms with Gasteiger partial charge < -0.3 is 14.2 Å². The van der Waals surface area contributed by atoms with Crippen LogP contribution >= 0.6 is 0 Å². The third-order valence-corrected chi connectivity index (χ3v) is 2.24. The van der Waals surface area contributed by atoms with Gasteiger partial charge in [-0.25, -0.2) is 0 Å². The van der Waals surface area contributed by atoms with Crippen LogP contribution in [0.25, 0.3) is 0 Å². The molecule has 68 valence electrons. The molecule has 4 heteroatoms. The number of hydrogen-bond donors (Lipinski definition) is 0. The molecular weight excluding hydrogens is 160 g/mol. The first-order valence-electron chi connectivity index (χ1n) is 4.18. The van der Waals surface area contributed by atoms with Crippen LogP contribution in [0.4, 0.5) is 0 Å². The highest BCUT2D eigenvalue weighted by Gasteiger charge is 2.43. The molecule has 2 aliphatic heterocycles. The highest BCUT2D eigenvalue weighted by atomic mass is 16.6. The van der Waals surface area contributed by atoms with E-state index >= 15 is 0 Å². The molecule has 0 aromatic rings. The number of carbonyl (C=O) groups is 1. The van der Waals surface area contributed by atoms with Gasteiger partial charge in [-0.05, 0) is 6.42 Å². The summed E-state index contributed by atoms with van der Waals surface area (Å²) in [5.41, 5.74) is 0. The van der Waals surface area contributed by atoms with Crippen LogP contribution < -0.4 is 0 Å². The van der Waals surface area contributed by atoms with Crippen LogP contribution in [0.15, 0.2) is 0 Å². The fourth-order valence-electron chi connectivity index (χ4n) is 1.74. The van der Waals surface area contributed by atoms with Gasteiger partial charge in [0, 0.05) is 13.5 Å². The molecule has 2 rings (SSSR count). The van der Waals surface area contributed by atoms with E-state index in [-0.39, 0.29) is 24.3 Å². The predicted molar refractivity (Wildman–Crippen MR) is 39.7 cm³/mol. The van der Waals surface area contributed by atoms with Crippen LogP contribution in [0.5, 0.6) is 0 Å². The van der Waals surface area contributed by atoms with Crippen molar-refractivity contribution in [3.63, 3.8) is 0 Å². The number of esters is 1. The summed E-state index contributed by atoms with van der Waals surface area (Å²) in [6, 6.07) is 0. The van der Waals surface area contributed by atoms with Crippen LogP contribution in [-0.4, -0.2) is 37.5 Å². The third-order valence-electron chi connectivity index (χ3n) is 2.24. The molecule has 0 saturated carbocycles. The maximum Gasteiger partial charge on any atom is 0.303 e. The summed E-state index contributed by atoms with van der Waals surface area (Å²) in [5, 5.41) is 0. The summed E-state index contributed by atoms with van der Waals surface area (Å²) in [6.07, 6.45) is 0.862. The lowest BCUT2D eigenvalue weighted by Crippen LogP contribution is -2.31. The number of carbonyl (C=O) groups excluding carboxylic acids is 1. The first kappa shape index (κ1) is 8.01. The maximum atomic E-state index is 10.7. The van der Waals surface area contributed by atoms with E-state index in [9.17, 15) is 4.79 Å². The molecule has 0 aromatic carbocycles. The Hall–Kier alpha value is -0.610. The van der Waals surface area contributed by atoms with Crippen molar-refractivity contribution in [2.24, 2.45) is 0 Å². The van der Waals surface area contributed by atoms with E-state index in [1.54, 1.807) is 0 Å². The summed E-state index contributed by atoms with van der Waals surface area (Å²) in [4.78, 5) is 10.7. The molecule has 2 saturated heterocycles. The van der Waals surface area contributed by atoms with Crippen molar-refractivity contribution in [2.45, 2.75) is 31.7 Å². The molecule has 2 aliphatic rings. The molecule has 3 atom stereocenters. The van der Waals surface area contributed by atoms with Gasteiger partial charge in [0.15, 0.2) is 6.10 Å². The van der Waals surface area contributed by atoms with Gasteiger partial charge in [-0.3, -0.25) is 4.79 Å². The molecule has 2 heterocycles. The first-order valence-corrected chi connectivity index (χ1v) is 4.18. The second-order valence-corrected chi connectivity index (χ2v) is 3.14. The second-order valence-electron chi connectivity index (χ2n) is 3.14. The van der Waals surface area contributed by atoms with E-state index in [0.717, 1.165) is 6.42 Å². The average molecular weight is 172 g/mol. The molecule has 12 heavy (non-hydrogen) atoms. The molecule has 0 bridgehead atoms. The van der Waals surface area contributed by atoms with E-state index in [1.165, 1.54) is 6.92 Å². The molecule has 4 nitrogen and oxygen atoms in total. The summed E-state index contributed by atoms with van der Waals surface area (Å²) in [5.74, 6) is -0.264. The van der Waals surface area contributed by atoms with E-state index in [1.807, 2.05) is 0 Å². The van der Waals surface area contributed by atoms with Gasteiger partial charge in [-0.2, -0.15) is 0 Å². The molecule has 0 N–H and O–H groups in total. The highest BCUT2D eigenvalue weighted by molar-refractivity contribution is 5.66. The van der Waals surface area contributed by atoms with Crippen molar-refractivity contribution >= 4 is 5.97 Å². The number of hydrogen-bond acceptors (Lipinski definition) is 4. The molecule has 0 amide bonds. The van der Waals surface area contributed by atoms with E-state index in [2.05, 4.69) is 0 Å². The quantitative estimate of drug-likeness (QED) is 0.526. The van der Waals surface area contributed by atoms with Crippen molar-refractivity contribution in [3.8, 4) is 0 Å². The van der Waals surface area contributed by atoms with Crippen LogP contribution in [0, 0.1) is 0 Å². The van der Waals surface area contributed by atoms with E-state index < -0.39 is 0 Å². The zero-order valence-electron chi connectivity index (χ0n) is 6.99. The average Bonchev–Trinajstić information content (AvgIpc) is 2.52. The number of ether oxygens (including phenoxy) is 3. The zero-order chi connectivity index (χ0) is 8.55. The van der Waals surface area contributed by atoms with Gasteiger partial charge in [0.1, 0.15) is 6.10 Å². The normalized spacial score (nSPS) is 39.6. The summed E-state index contributed by atoms with van der Waals surface area (Å²) in [6.45, 7) is 2.60. The highest BCUT2D eigenvalue weighted by Crippen LogP contribution is 2.28. The fourth-order valence-corrected chi connectivity index (χ4v) is 1.74. The molecule has 0 spiro atoms. The Balaban J connectivity index is 1.95. The zero-order valence-corrected chi connectivity index (χ0v) is 6.99. The Morgan fingerprint density at radius 2 is 2.33 bits per heavy atom. The van der Waals surface area contributed by atoms with Crippen molar-refractivity contribution in [3.05, 3.63) is 0 Å². The maximum absolute atomic E-state index is 10.7. The van der Waals surface area contributed by atoms with Gasteiger partial charge in [0.05, 0.1) is 12.7 Å². The fraction of sp³-hybridized carbons (Fsp3) is 0.875. The SMILES string of the molecule is CC(=O)OC1CO[C@@H]2CCO[C@H]12. The van der Waals surface area contributed by atoms with Crippen LogP contribution in [0.1, 0.15) is 13.3 Å². The Morgan fingerprint density at radius 1 is 1.50 bits per heavy atom. The topological polar surface area (TPSA) is 44.8 Å². The Kier molecular flexibility index (Phi) is 2.02. The lowest BCUT2D eigenvalue weighted by Gasteiger charge is -2.14. The van der Waals surface area contributed by atoms with E-state index in [4.69, 9.17) is 14.2 Å². The monoisotopic (exact) mass is 172 g/mol. The molecular formula is C8H12O4. The molecule has 1 unspecified atom stereocenters. The van der Waals surface area contributed by atoms with E-state index in [0.29, 0.717) is 13.2 Å². The molecule has 2 fully saturated rings. The van der Waals surface area contributed by atoms with Crippen molar-refractivity contribution in [2.75, 3.05) is 13.2 Å².